The lowest BCUT2D eigenvalue weighted by molar-refractivity contribution is 0.583. The molecule has 1 aliphatic rings. The number of halogens is 4. The second kappa shape index (κ2) is 10.1. The predicted molar refractivity (Wildman–Crippen MR) is 141 cm³/mol. The van der Waals surface area contributed by atoms with Crippen LogP contribution in [-0.4, -0.2) is 4.98 Å². The number of pyridine rings is 1. The maximum absolute atomic E-state index is 14.9. The first kappa shape index (κ1) is 22.7. The first-order chi connectivity index (χ1) is 17.8. The molecule has 3 aromatic carbocycles. The Bertz CT molecular complexity index is 1590. The Morgan fingerprint density at radius 1 is 1.08 bits per heavy atom. The fraction of sp³-hybridized carbons (Fsp3) is 0.0400. The number of hydrogen-bond acceptors (Lipinski definition) is 7. The summed E-state index contributed by atoms with van der Waals surface area (Å²) in [7, 11) is 0. The van der Waals surface area contributed by atoms with Crippen LogP contribution < -0.4 is 27.0 Å². The van der Waals surface area contributed by atoms with Gasteiger partial charge < -0.3 is 21.5 Å². The highest BCUT2D eigenvalue weighted by molar-refractivity contribution is 6.42. The second-order valence-electron chi connectivity index (χ2n) is 7.68. The molecular formula is C25H17Cl3FN7. The van der Waals surface area contributed by atoms with E-state index in [1.54, 1.807) is 18.3 Å². The molecule has 180 valence electrons. The fourth-order valence-electron chi connectivity index (χ4n) is 3.73. The van der Waals surface area contributed by atoms with E-state index in [1.165, 1.54) is 18.3 Å². The van der Waals surface area contributed by atoms with Crippen molar-refractivity contribution >= 4 is 62.8 Å². The normalized spacial score (nSPS) is 14.6. The lowest BCUT2D eigenvalue weighted by atomic mass is 10.0. The smallest absolute Gasteiger partial charge is 0.166 e. The monoisotopic (exact) mass is 540 g/mol. The van der Waals surface area contributed by atoms with Gasteiger partial charge in [-0.1, -0.05) is 65.1 Å². The molecule has 0 radical (unpaired) electrons. The van der Waals surface area contributed by atoms with Crippen molar-refractivity contribution in [1.29, 1.82) is 5.26 Å². The molecule has 0 bridgehead atoms. The lowest BCUT2D eigenvalue weighted by Gasteiger charge is -2.22. The highest BCUT2D eigenvalue weighted by Crippen LogP contribution is 2.38. The molecule has 0 aliphatic carbocycles. The van der Waals surface area contributed by atoms with Crippen LogP contribution in [-0.2, 0) is 0 Å². The van der Waals surface area contributed by atoms with Crippen molar-refractivity contribution in [2.24, 2.45) is 0 Å². The number of aromatic nitrogens is 1. The Labute approximate surface area is 222 Å². The Morgan fingerprint density at radius 2 is 1.89 bits per heavy atom. The van der Waals surface area contributed by atoms with Gasteiger partial charge in [-0.05, 0) is 29.8 Å². The van der Waals surface area contributed by atoms with Crippen LogP contribution in [0.15, 0.2) is 72.7 Å². The van der Waals surface area contributed by atoms with Crippen LogP contribution in [0, 0.1) is 17.1 Å². The van der Waals surface area contributed by atoms with E-state index in [0.29, 0.717) is 27.9 Å². The molecule has 7 nitrogen and oxygen atoms in total. The van der Waals surface area contributed by atoms with Gasteiger partial charge in [0.15, 0.2) is 5.82 Å². The van der Waals surface area contributed by atoms with E-state index < -0.39 is 11.8 Å². The van der Waals surface area contributed by atoms with Crippen LogP contribution in [0.4, 0.5) is 21.5 Å². The summed E-state index contributed by atoms with van der Waals surface area (Å²) in [5.41, 5.74) is 10.9. The average molecular weight is 542 g/mol. The van der Waals surface area contributed by atoms with Crippen molar-refractivity contribution in [3.8, 4) is 6.07 Å². The van der Waals surface area contributed by atoms with Gasteiger partial charge >= 0.3 is 0 Å². The fourth-order valence-corrected chi connectivity index (χ4v) is 4.31. The summed E-state index contributed by atoms with van der Waals surface area (Å²) in [6, 6.07) is 16.0. The zero-order valence-corrected chi connectivity index (χ0v) is 20.5. The summed E-state index contributed by atoms with van der Waals surface area (Å²) in [5, 5.41) is 16.4. The van der Waals surface area contributed by atoms with Gasteiger partial charge in [0.2, 0.25) is 0 Å². The van der Waals surface area contributed by atoms with Gasteiger partial charge in [-0.25, -0.2) is 4.39 Å². The minimum absolute atomic E-state index is 0.0180. The van der Waals surface area contributed by atoms with Crippen molar-refractivity contribution in [3.63, 3.8) is 0 Å². The van der Waals surface area contributed by atoms with E-state index >= 15 is 0 Å². The lowest BCUT2D eigenvalue weighted by Crippen LogP contribution is -2.33. The van der Waals surface area contributed by atoms with E-state index in [2.05, 4.69) is 38.1 Å². The first-order valence-electron chi connectivity index (χ1n) is 11.1. The van der Waals surface area contributed by atoms with Crippen LogP contribution >= 0.6 is 34.8 Å². The summed E-state index contributed by atoms with van der Waals surface area (Å²) in [6.07, 6.45) is 2.98. The molecule has 1 aliphatic heterocycles. The molecular weight excluding hydrogens is 524 g/mol. The molecule has 0 fully saturated rings. The van der Waals surface area contributed by atoms with Gasteiger partial charge in [0.05, 0.1) is 50.6 Å². The van der Waals surface area contributed by atoms with Crippen molar-refractivity contribution < 1.29 is 5.76 Å². The predicted octanol–water partition coefficient (Wildman–Crippen LogP) is 6.56. The molecule has 36 heavy (non-hydrogen) atoms. The number of fused-ring (bicyclic) bond motifs is 1. The van der Waals surface area contributed by atoms with E-state index in [0.717, 1.165) is 0 Å². The van der Waals surface area contributed by atoms with Crippen LogP contribution in [0.2, 0.25) is 15.1 Å². The maximum Gasteiger partial charge on any atom is 0.166 e. The minimum atomic E-state index is -1.46. The third kappa shape index (κ3) is 4.57. The van der Waals surface area contributed by atoms with Crippen molar-refractivity contribution in [2.45, 2.75) is 6.02 Å². The minimum Gasteiger partial charge on any atom is -0.373 e. The Hall–Kier alpha value is -3.74. The highest BCUT2D eigenvalue weighted by Gasteiger charge is 2.21. The molecule has 5 rings (SSSR count). The number of hydrogen-bond donors (Lipinski definition) is 5. The summed E-state index contributed by atoms with van der Waals surface area (Å²) < 4.78 is 24.2. The molecule has 0 spiro atoms. The van der Waals surface area contributed by atoms with Crippen LogP contribution in [0.5, 0.6) is 0 Å². The van der Waals surface area contributed by atoms with Crippen molar-refractivity contribution in [1.82, 2.24) is 21.4 Å². The van der Waals surface area contributed by atoms with Gasteiger partial charge in [-0.15, -0.1) is 0 Å². The van der Waals surface area contributed by atoms with E-state index in [1.807, 2.05) is 30.3 Å². The average Bonchev–Trinajstić information content (AvgIpc) is 3.46. The Balaban J connectivity index is 1.65. The molecule has 4 aromatic rings. The third-order valence-electron chi connectivity index (χ3n) is 5.43. The summed E-state index contributed by atoms with van der Waals surface area (Å²) in [4.78, 5) is 4.33. The van der Waals surface area contributed by atoms with E-state index in [4.69, 9.17) is 34.8 Å². The molecule has 0 saturated carbocycles. The number of anilines is 3. The Kier molecular flexibility index (Phi) is 6.36. The standard InChI is InChI=1S/C25H17Cl3FN7/c26-17-6-7-19(22(29)21(17)28)34-23-14(10-30)11-31-25-16(23)8-15(9-18(25)27)33-24(20-12-32-36-35-20)13-4-2-1-3-5-13/h1-9,11-12,24,32-33,35-36H,(H,31,34)/t24-/m1/s1/i24D. The maximum atomic E-state index is 14.9. The van der Waals surface area contributed by atoms with E-state index in [-0.39, 0.29) is 32.0 Å². The molecule has 0 amide bonds. The molecule has 11 heteroatoms. The zero-order chi connectivity index (χ0) is 26.2. The van der Waals surface area contributed by atoms with Gasteiger partial charge in [0, 0.05) is 23.5 Å². The molecule has 1 aromatic heterocycles. The quantitative estimate of drug-likeness (QED) is 0.176. The molecule has 2 heterocycles. The SMILES string of the molecule is [2H][C@](Nc1cc(Cl)c2ncc(C#N)c(Nc3ccc(Cl)c(Cl)c3F)c2c1)(C1=CNNN1)c1ccccc1. The second-order valence-corrected chi connectivity index (χ2v) is 8.87. The number of nitrogens with zero attached hydrogens (tertiary/aromatic N) is 2. The third-order valence-corrected chi connectivity index (χ3v) is 6.50. The summed E-state index contributed by atoms with van der Waals surface area (Å²) in [6.45, 7) is 0. The summed E-state index contributed by atoms with van der Waals surface area (Å²) >= 11 is 18.5. The molecule has 0 unspecified atom stereocenters. The number of nitrogens with one attached hydrogen (secondary N) is 5. The Morgan fingerprint density at radius 3 is 2.61 bits per heavy atom. The molecule has 0 saturated heterocycles. The topological polar surface area (TPSA) is 96.8 Å². The van der Waals surface area contributed by atoms with Gasteiger partial charge in [0.25, 0.3) is 0 Å². The first-order valence-corrected chi connectivity index (χ1v) is 11.7. The zero-order valence-electron chi connectivity index (χ0n) is 19.3. The van der Waals surface area contributed by atoms with Gasteiger partial charge in [-0.3, -0.25) is 4.98 Å². The van der Waals surface area contributed by atoms with Crippen molar-refractivity contribution in [3.05, 3.63) is 105 Å². The molecule has 1 atom stereocenters. The van der Waals surface area contributed by atoms with Crippen LogP contribution in [0.25, 0.3) is 10.9 Å². The number of rotatable bonds is 6. The van der Waals surface area contributed by atoms with Gasteiger partial charge in [0.1, 0.15) is 6.07 Å². The van der Waals surface area contributed by atoms with Gasteiger partial charge in [-0.2, -0.15) is 10.8 Å². The van der Waals surface area contributed by atoms with E-state index in [9.17, 15) is 11.0 Å². The number of nitriles is 1. The number of hydrazine groups is 2. The molecule has 5 N–H and O–H groups in total. The summed E-state index contributed by atoms with van der Waals surface area (Å²) in [5.74, 6) is -0.767. The number of benzene rings is 3. The largest absolute Gasteiger partial charge is 0.373 e. The van der Waals surface area contributed by atoms with Crippen LogP contribution in [0.1, 0.15) is 18.5 Å². The van der Waals surface area contributed by atoms with Crippen LogP contribution in [0.3, 0.4) is 0 Å². The van der Waals surface area contributed by atoms with Crippen molar-refractivity contribution in [2.75, 3.05) is 10.6 Å². The highest BCUT2D eigenvalue weighted by atomic mass is 35.5.